The van der Waals surface area contributed by atoms with E-state index in [1.54, 1.807) is 18.2 Å². The minimum Gasteiger partial charge on any atom is -0.381 e. The van der Waals surface area contributed by atoms with Crippen LogP contribution in [0.25, 0.3) is 0 Å². The Morgan fingerprint density at radius 3 is 2.67 bits per heavy atom. The Bertz CT molecular complexity index is 589. The molecule has 0 bridgehead atoms. The molecule has 0 spiro atoms. The van der Waals surface area contributed by atoms with E-state index in [2.05, 4.69) is 17.0 Å². The number of hydrogen-bond acceptors (Lipinski definition) is 3. The van der Waals surface area contributed by atoms with Crippen molar-refractivity contribution < 1.29 is 8.42 Å². The van der Waals surface area contributed by atoms with Crippen LogP contribution in [0.2, 0.25) is 5.02 Å². The van der Waals surface area contributed by atoms with Crippen molar-refractivity contribution in [1.82, 2.24) is 0 Å². The lowest BCUT2D eigenvalue weighted by molar-refractivity contribution is 0.502. The van der Waals surface area contributed by atoms with Crippen LogP contribution < -0.4 is 10.0 Å². The average molecular weight is 331 g/mol. The smallest absolute Gasteiger partial charge is 0.229 e. The SMILES string of the molecule is CC1CCCC(Nc2cc(NS(C)(=O)=O)ccc2Cl)CC1. The zero-order valence-electron chi connectivity index (χ0n) is 12.5. The maximum Gasteiger partial charge on any atom is 0.229 e. The second kappa shape index (κ2) is 6.88. The van der Waals surface area contributed by atoms with Crippen LogP contribution in [0, 0.1) is 5.92 Å². The van der Waals surface area contributed by atoms with Crippen molar-refractivity contribution in [1.29, 1.82) is 0 Å². The second-order valence-corrected chi connectivity index (χ2v) is 8.18. The molecule has 0 aliphatic heterocycles. The van der Waals surface area contributed by atoms with Crippen molar-refractivity contribution in [2.45, 2.75) is 45.1 Å². The van der Waals surface area contributed by atoms with Crippen molar-refractivity contribution in [3.05, 3.63) is 23.2 Å². The molecule has 118 valence electrons. The highest BCUT2D eigenvalue weighted by atomic mass is 35.5. The summed E-state index contributed by atoms with van der Waals surface area (Å²) < 4.78 is 25.1. The van der Waals surface area contributed by atoms with E-state index in [0.717, 1.165) is 30.7 Å². The van der Waals surface area contributed by atoms with Gasteiger partial charge in [-0.15, -0.1) is 0 Å². The fraction of sp³-hybridized carbons (Fsp3) is 0.600. The average Bonchev–Trinajstić information content (AvgIpc) is 2.57. The van der Waals surface area contributed by atoms with Crippen LogP contribution in [0.5, 0.6) is 0 Å². The van der Waals surface area contributed by atoms with E-state index in [0.29, 0.717) is 16.8 Å². The van der Waals surface area contributed by atoms with Crippen LogP contribution in [0.1, 0.15) is 39.0 Å². The maximum absolute atomic E-state index is 11.3. The maximum atomic E-state index is 11.3. The zero-order chi connectivity index (χ0) is 15.5. The van der Waals surface area contributed by atoms with E-state index in [4.69, 9.17) is 11.6 Å². The largest absolute Gasteiger partial charge is 0.381 e. The van der Waals surface area contributed by atoms with Gasteiger partial charge in [-0.2, -0.15) is 0 Å². The number of anilines is 2. The normalized spacial score (nSPS) is 23.4. The summed E-state index contributed by atoms with van der Waals surface area (Å²) >= 11 is 6.22. The molecule has 0 aromatic heterocycles. The molecule has 21 heavy (non-hydrogen) atoms. The fourth-order valence-corrected chi connectivity index (χ4v) is 3.49. The first-order valence-electron chi connectivity index (χ1n) is 7.37. The Morgan fingerprint density at radius 2 is 1.95 bits per heavy atom. The summed E-state index contributed by atoms with van der Waals surface area (Å²) in [5.74, 6) is 0.783. The van der Waals surface area contributed by atoms with Crippen molar-refractivity contribution in [3.8, 4) is 0 Å². The van der Waals surface area contributed by atoms with Gasteiger partial charge < -0.3 is 5.32 Å². The standard InChI is InChI=1S/C15H23ClN2O2S/c1-11-4-3-5-12(7-6-11)17-15-10-13(8-9-14(15)16)18-21(2,19)20/h8-12,17-18H,3-7H2,1-2H3. The van der Waals surface area contributed by atoms with Gasteiger partial charge in [0.2, 0.25) is 10.0 Å². The Labute approximate surface area is 132 Å². The Hall–Kier alpha value is -0.940. The predicted octanol–water partition coefficient (Wildman–Crippen LogP) is 4.09. The van der Waals surface area contributed by atoms with Gasteiger partial charge in [-0.25, -0.2) is 8.42 Å². The van der Waals surface area contributed by atoms with Crippen molar-refractivity contribution in [3.63, 3.8) is 0 Å². The summed E-state index contributed by atoms with van der Waals surface area (Å²) in [4.78, 5) is 0. The molecule has 4 nitrogen and oxygen atoms in total. The first-order chi connectivity index (χ1) is 9.83. The number of halogens is 1. The minimum atomic E-state index is -3.27. The Kier molecular flexibility index (Phi) is 5.38. The molecular formula is C15H23ClN2O2S. The van der Waals surface area contributed by atoms with Gasteiger partial charge in [-0.1, -0.05) is 31.4 Å². The Morgan fingerprint density at radius 1 is 1.19 bits per heavy atom. The Balaban J connectivity index is 2.09. The topological polar surface area (TPSA) is 58.2 Å². The third-order valence-corrected chi connectivity index (χ3v) is 4.82. The van der Waals surface area contributed by atoms with Gasteiger partial charge in [0.1, 0.15) is 0 Å². The molecule has 0 radical (unpaired) electrons. The summed E-state index contributed by atoms with van der Waals surface area (Å²) in [6.07, 6.45) is 7.11. The quantitative estimate of drug-likeness (QED) is 0.817. The highest BCUT2D eigenvalue weighted by molar-refractivity contribution is 7.92. The van der Waals surface area contributed by atoms with Crippen molar-refractivity contribution in [2.75, 3.05) is 16.3 Å². The van der Waals surface area contributed by atoms with E-state index < -0.39 is 10.0 Å². The molecule has 1 aromatic rings. The van der Waals surface area contributed by atoms with E-state index in [-0.39, 0.29) is 0 Å². The van der Waals surface area contributed by atoms with Gasteiger partial charge in [0.05, 0.1) is 22.7 Å². The first kappa shape index (κ1) is 16.4. The molecule has 0 heterocycles. The molecule has 1 fully saturated rings. The van der Waals surface area contributed by atoms with E-state index in [9.17, 15) is 8.42 Å². The minimum absolute atomic E-state index is 0.404. The van der Waals surface area contributed by atoms with Gasteiger partial charge >= 0.3 is 0 Å². The third kappa shape index (κ3) is 5.40. The molecule has 6 heteroatoms. The molecule has 1 aliphatic carbocycles. The van der Waals surface area contributed by atoms with Gasteiger partial charge in [-0.3, -0.25) is 4.72 Å². The van der Waals surface area contributed by atoms with Crippen molar-refractivity contribution in [2.24, 2.45) is 5.92 Å². The van der Waals surface area contributed by atoms with E-state index >= 15 is 0 Å². The lowest BCUT2D eigenvalue weighted by atomic mass is 10.0. The van der Waals surface area contributed by atoms with Crippen LogP contribution in [0.3, 0.4) is 0 Å². The molecule has 1 aliphatic rings. The summed E-state index contributed by atoms with van der Waals surface area (Å²) in [7, 11) is -3.27. The zero-order valence-corrected chi connectivity index (χ0v) is 14.1. The fourth-order valence-electron chi connectivity index (χ4n) is 2.76. The summed E-state index contributed by atoms with van der Waals surface area (Å²) in [5.41, 5.74) is 1.33. The van der Waals surface area contributed by atoms with Gasteiger partial charge in [0, 0.05) is 6.04 Å². The van der Waals surface area contributed by atoms with Gasteiger partial charge in [0.15, 0.2) is 0 Å². The molecule has 1 aromatic carbocycles. The van der Waals surface area contributed by atoms with E-state index in [1.165, 1.54) is 19.3 Å². The molecule has 0 amide bonds. The number of nitrogens with one attached hydrogen (secondary N) is 2. The lowest BCUT2D eigenvalue weighted by Gasteiger charge is -2.19. The summed E-state index contributed by atoms with van der Waals surface area (Å²) in [6.45, 7) is 2.30. The number of sulfonamides is 1. The van der Waals surface area contributed by atoms with Crippen LogP contribution in [-0.2, 0) is 10.0 Å². The van der Waals surface area contributed by atoms with Gasteiger partial charge in [-0.05, 0) is 43.4 Å². The highest BCUT2D eigenvalue weighted by Gasteiger charge is 2.17. The van der Waals surface area contributed by atoms with Crippen LogP contribution in [0.4, 0.5) is 11.4 Å². The van der Waals surface area contributed by atoms with Crippen LogP contribution in [-0.4, -0.2) is 20.7 Å². The van der Waals surface area contributed by atoms with Crippen LogP contribution in [0.15, 0.2) is 18.2 Å². The highest BCUT2D eigenvalue weighted by Crippen LogP contribution is 2.30. The van der Waals surface area contributed by atoms with Crippen molar-refractivity contribution >= 4 is 33.0 Å². The molecule has 2 atom stereocenters. The van der Waals surface area contributed by atoms with Crippen LogP contribution >= 0.6 is 11.6 Å². The molecule has 2 N–H and O–H groups in total. The summed E-state index contributed by atoms with van der Waals surface area (Å²) in [6, 6.07) is 5.55. The predicted molar refractivity (Wildman–Crippen MR) is 89.6 cm³/mol. The molecule has 2 rings (SSSR count). The second-order valence-electron chi connectivity index (χ2n) is 6.02. The molecule has 2 unspecified atom stereocenters. The molecule has 1 saturated carbocycles. The third-order valence-electron chi connectivity index (χ3n) is 3.89. The lowest BCUT2D eigenvalue weighted by Crippen LogP contribution is -2.19. The van der Waals surface area contributed by atoms with Gasteiger partial charge in [0.25, 0.3) is 0 Å². The number of rotatable bonds is 4. The molecular weight excluding hydrogens is 308 g/mol. The monoisotopic (exact) mass is 330 g/mol. The molecule has 0 saturated heterocycles. The summed E-state index contributed by atoms with van der Waals surface area (Å²) in [5, 5.41) is 4.09. The number of benzene rings is 1. The van der Waals surface area contributed by atoms with E-state index in [1.807, 2.05) is 0 Å². The number of hydrogen-bond donors (Lipinski definition) is 2. The first-order valence-corrected chi connectivity index (χ1v) is 9.64.